The number of rotatable bonds is 3. The van der Waals surface area contributed by atoms with Crippen molar-refractivity contribution >= 4 is 29.9 Å². The Kier molecular flexibility index (Phi) is 5.87. The predicted octanol–water partition coefficient (Wildman–Crippen LogP) is 3.77. The average molecular weight is 455 g/mol. The van der Waals surface area contributed by atoms with E-state index in [1.807, 2.05) is 24.3 Å². The van der Waals surface area contributed by atoms with Gasteiger partial charge in [-0.2, -0.15) is 13.2 Å². The Bertz CT molecular complexity index is 602. The Morgan fingerprint density at radius 2 is 2.04 bits per heavy atom. The maximum atomic E-state index is 13.1. The Labute approximate surface area is 156 Å². The molecular weight excluding hydrogens is 434 g/mol. The van der Waals surface area contributed by atoms with Gasteiger partial charge in [-0.05, 0) is 18.9 Å². The van der Waals surface area contributed by atoms with Gasteiger partial charge in [0.05, 0.1) is 24.6 Å². The first-order chi connectivity index (χ1) is 10.9. The zero-order valence-corrected chi connectivity index (χ0v) is 15.4. The molecule has 0 radical (unpaired) electrons. The molecule has 1 aliphatic heterocycles. The van der Waals surface area contributed by atoms with E-state index >= 15 is 0 Å². The SMILES string of the molecule is I.NC(=NCC1(C(F)(F)F)CCC1)NC1CCOc2ccccc21. The molecule has 1 aliphatic carbocycles. The highest BCUT2D eigenvalue weighted by Gasteiger charge is 2.58. The number of ether oxygens (including phenoxy) is 1. The summed E-state index contributed by atoms with van der Waals surface area (Å²) in [7, 11) is 0. The molecule has 4 nitrogen and oxygen atoms in total. The molecule has 2 aliphatic rings. The largest absolute Gasteiger partial charge is 0.493 e. The van der Waals surface area contributed by atoms with Crippen LogP contribution in [0.1, 0.15) is 37.3 Å². The Balaban J connectivity index is 0.00000208. The number of aliphatic imine (C=N–C) groups is 1. The molecular formula is C16H21F3IN3O. The Morgan fingerprint density at radius 3 is 2.67 bits per heavy atom. The molecule has 1 fully saturated rings. The van der Waals surface area contributed by atoms with Gasteiger partial charge >= 0.3 is 6.18 Å². The van der Waals surface area contributed by atoms with E-state index in [9.17, 15) is 13.2 Å². The fourth-order valence-electron chi connectivity index (χ4n) is 3.09. The summed E-state index contributed by atoms with van der Waals surface area (Å²) >= 11 is 0. The molecule has 0 bridgehead atoms. The Morgan fingerprint density at radius 1 is 1.33 bits per heavy atom. The van der Waals surface area contributed by atoms with Crippen LogP contribution in [0.4, 0.5) is 13.2 Å². The van der Waals surface area contributed by atoms with E-state index < -0.39 is 11.6 Å². The van der Waals surface area contributed by atoms with E-state index in [1.54, 1.807) is 0 Å². The standard InChI is InChI=1S/C16H20F3N3O.HI/c17-16(18,19)15(7-3-8-15)10-21-14(20)22-12-6-9-23-13-5-2-1-4-11(12)13;/h1-2,4-5,12H,3,6-10H2,(H3,20,21,22);1H. The monoisotopic (exact) mass is 455 g/mol. The lowest BCUT2D eigenvalue weighted by atomic mass is 9.68. The number of benzene rings is 1. The van der Waals surface area contributed by atoms with Gasteiger partial charge in [0.15, 0.2) is 5.96 Å². The number of para-hydroxylation sites is 1. The molecule has 1 saturated carbocycles. The highest BCUT2D eigenvalue weighted by atomic mass is 127. The van der Waals surface area contributed by atoms with E-state index in [2.05, 4.69) is 10.3 Å². The normalized spacial score (nSPS) is 22.5. The van der Waals surface area contributed by atoms with Crippen molar-refractivity contribution in [3.05, 3.63) is 29.8 Å². The van der Waals surface area contributed by atoms with E-state index in [4.69, 9.17) is 10.5 Å². The van der Waals surface area contributed by atoms with E-state index in [-0.39, 0.29) is 55.4 Å². The fourth-order valence-corrected chi connectivity index (χ4v) is 3.09. The number of nitrogens with zero attached hydrogens (tertiary/aromatic N) is 1. The third kappa shape index (κ3) is 3.73. The van der Waals surface area contributed by atoms with Crippen molar-refractivity contribution in [3.8, 4) is 5.75 Å². The van der Waals surface area contributed by atoms with E-state index in [0.717, 1.165) is 11.3 Å². The number of nitrogens with two attached hydrogens (primary N) is 1. The molecule has 0 saturated heterocycles. The summed E-state index contributed by atoms with van der Waals surface area (Å²) < 4.78 is 44.9. The number of hydrogen-bond acceptors (Lipinski definition) is 2. The average Bonchev–Trinajstić information content (AvgIpc) is 2.45. The van der Waals surface area contributed by atoms with Crippen LogP contribution >= 0.6 is 24.0 Å². The summed E-state index contributed by atoms with van der Waals surface area (Å²) in [6.07, 6.45) is -2.67. The van der Waals surface area contributed by atoms with Gasteiger partial charge in [-0.15, -0.1) is 24.0 Å². The minimum absolute atomic E-state index is 0. The minimum Gasteiger partial charge on any atom is -0.493 e. The van der Waals surface area contributed by atoms with Crippen molar-refractivity contribution in [2.75, 3.05) is 13.2 Å². The first kappa shape index (κ1) is 19.1. The van der Waals surface area contributed by atoms with Gasteiger partial charge in [0.1, 0.15) is 5.75 Å². The summed E-state index contributed by atoms with van der Waals surface area (Å²) in [5, 5.41) is 3.03. The molecule has 1 atom stereocenters. The van der Waals surface area contributed by atoms with Gasteiger partial charge in [0.25, 0.3) is 0 Å². The van der Waals surface area contributed by atoms with Crippen LogP contribution in [-0.4, -0.2) is 25.3 Å². The predicted molar refractivity (Wildman–Crippen MR) is 96.7 cm³/mol. The molecule has 3 N–H and O–H groups in total. The van der Waals surface area contributed by atoms with Crippen molar-refractivity contribution in [2.45, 2.75) is 37.9 Å². The lowest BCUT2D eigenvalue weighted by Gasteiger charge is -2.42. The zero-order valence-electron chi connectivity index (χ0n) is 13.1. The molecule has 134 valence electrons. The van der Waals surface area contributed by atoms with Gasteiger partial charge < -0.3 is 15.8 Å². The quantitative estimate of drug-likeness (QED) is 0.415. The maximum Gasteiger partial charge on any atom is 0.396 e. The van der Waals surface area contributed by atoms with Crippen LogP contribution in [0.15, 0.2) is 29.3 Å². The highest BCUT2D eigenvalue weighted by Crippen LogP contribution is 2.53. The molecule has 1 aromatic carbocycles. The van der Waals surface area contributed by atoms with E-state index in [1.165, 1.54) is 0 Å². The van der Waals surface area contributed by atoms with Gasteiger partial charge in [-0.25, -0.2) is 0 Å². The summed E-state index contributed by atoms with van der Waals surface area (Å²) in [4.78, 5) is 3.97. The molecule has 0 aromatic heterocycles. The lowest BCUT2D eigenvalue weighted by molar-refractivity contribution is -0.245. The van der Waals surface area contributed by atoms with Crippen molar-refractivity contribution in [1.29, 1.82) is 0 Å². The van der Waals surface area contributed by atoms with Gasteiger partial charge in [-0.1, -0.05) is 24.6 Å². The smallest absolute Gasteiger partial charge is 0.396 e. The molecule has 0 amide bonds. The Hall–Kier alpha value is -1.19. The van der Waals surface area contributed by atoms with Gasteiger partial charge in [-0.3, -0.25) is 4.99 Å². The number of guanidine groups is 1. The number of alkyl halides is 3. The molecule has 3 rings (SSSR count). The third-order valence-corrected chi connectivity index (χ3v) is 4.74. The van der Waals surface area contributed by atoms with Crippen molar-refractivity contribution < 1.29 is 17.9 Å². The molecule has 0 spiro atoms. The summed E-state index contributed by atoms with van der Waals surface area (Å²) in [5.41, 5.74) is 5.08. The van der Waals surface area contributed by atoms with Crippen LogP contribution in [0.3, 0.4) is 0 Å². The topological polar surface area (TPSA) is 59.6 Å². The second kappa shape index (κ2) is 7.37. The van der Waals surface area contributed by atoms with Crippen molar-refractivity contribution in [2.24, 2.45) is 16.1 Å². The van der Waals surface area contributed by atoms with Crippen molar-refractivity contribution in [3.63, 3.8) is 0 Å². The highest BCUT2D eigenvalue weighted by molar-refractivity contribution is 14.0. The molecule has 1 unspecified atom stereocenters. The van der Waals surface area contributed by atoms with Crippen LogP contribution in [0.2, 0.25) is 0 Å². The second-order valence-corrected chi connectivity index (χ2v) is 6.20. The summed E-state index contributed by atoms with van der Waals surface area (Å²) in [5.74, 6) is 0.831. The summed E-state index contributed by atoms with van der Waals surface area (Å²) in [6.45, 7) is 0.231. The molecule has 1 aromatic rings. The van der Waals surface area contributed by atoms with Crippen molar-refractivity contribution in [1.82, 2.24) is 5.32 Å². The number of hydrogen-bond donors (Lipinski definition) is 2. The molecule has 1 heterocycles. The molecule has 24 heavy (non-hydrogen) atoms. The van der Waals surface area contributed by atoms with Crippen LogP contribution in [0.5, 0.6) is 5.75 Å². The fraction of sp³-hybridized carbons (Fsp3) is 0.562. The number of nitrogens with one attached hydrogen (secondary N) is 1. The molecule has 8 heteroatoms. The summed E-state index contributed by atoms with van der Waals surface area (Å²) in [6, 6.07) is 7.46. The third-order valence-electron chi connectivity index (χ3n) is 4.74. The minimum atomic E-state index is -4.22. The second-order valence-electron chi connectivity index (χ2n) is 6.20. The van der Waals surface area contributed by atoms with E-state index in [0.29, 0.717) is 19.4 Å². The first-order valence-electron chi connectivity index (χ1n) is 7.76. The van der Waals surface area contributed by atoms with Gasteiger partial charge in [0.2, 0.25) is 0 Å². The van der Waals surface area contributed by atoms with Crippen LogP contribution in [0, 0.1) is 5.41 Å². The lowest BCUT2D eigenvalue weighted by Crippen LogP contribution is -2.47. The van der Waals surface area contributed by atoms with Crippen LogP contribution in [0.25, 0.3) is 0 Å². The first-order valence-corrected chi connectivity index (χ1v) is 7.76. The zero-order chi connectivity index (χ0) is 16.5. The van der Waals surface area contributed by atoms with Gasteiger partial charge in [0, 0.05) is 12.0 Å². The maximum absolute atomic E-state index is 13.1. The number of fused-ring (bicyclic) bond motifs is 1. The van der Waals surface area contributed by atoms with Crippen LogP contribution < -0.4 is 15.8 Å². The van der Waals surface area contributed by atoms with Crippen LogP contribution in [-0.2, 0) is 0 Å². The number of halogens is 4.